The van der Waals surface area contributed by atoms with E-state index in [4.69, 9.17) is 21.3 Å². The number of carbonyl (C=O) groups excluding carboxylic acids is 2. The molecule has 3 aromatic rings. The first-order valence-electron chi connectivity index (χ1n) is 10.6. The summed E-state index contributed by atoms with van der Waals surface area (Å²) in [5.74, 6) is -0.954. The second-order valence-electron chi connectivity index (χ2n) is 8.14. The van der Waals surface area contributed by atoms with Gasteiger partial charge in [0.25, 0.3) is 0 Å². The van der Waals surface area contributed by atoms with Gasteiger partial charge in [-0.3, -0.25) is 14.5 Å². The summed E-state index contributed by atoms with van der Waals surface area (Å²) in [7, 11) is 0. The zero-order valence-corrected chi connectivity index (χ0v) is 18.7. The van der Waals surface area contributed by atoms with E-state index in [1.165, 1.54) is 0 Å². The van der Waals surface area contributed by atoms with Crippen LogP contribution in [0.3, 0.4) is 0 Å². The van der Waals surface area contributed by atoms with Crippen LogP contribution in [0, 0.1) is 11.8 Å². The van der Waals surface area contributed by atoms with Crippen molar-refractivity contribution in [2.75, 3.05) is 18.1 Å². The topological polar surface area (TPSA) is 64.4 Å². The van der Waals surface area contributed by atoms with Crippen LogP contribution in [0.4, 0.5) is 5.95 Å². The molecular formula is C24H26ClN3O3. The molecule has 31 heavy (non-hydrogen) atoms. The zero-order valence-electron chi connectivity index (χ0n) is 17.9. The molecule has 162 valence electrons. The smallest absolute Gasteiger partial charge is 0.321 e. The van der Waals surface area contributed by atoms with E-state index in [9.17, 15) is 9.59 Å². The van der Waals surface area contributed by atoms with Crippen LogP contribution in [0.2, 0.25) is 5.02 Å². The minimum Gasteiger partial charge on any atom is -0.465 e. The molecule has 0 aliphatic carbocycles. The fraction of sp³-hybridized carbons (Fsp3) is 0.375. The van der Waals surface area contributed by atoms with Crippen molar-refractivity contribution in [3.63, 3.8) is 0 Å². The largest absolute Gasteiger partial charge is 0.465 e. The van der Waals surface area contributed by atoms with E-state index in [0.29, 0.717) is 29.0 Å². The molecule has 1 aliphatic rings. The highest BCUT2D eigenvalue weighted by atomic mass is 35.5. The molecule has 7 heteroatoms. The fourth-order valence-electron chi connectivity index (χ4n) is 4.14. The Morgan fingerprint density at radius 3 is 2.58 bits per heavy atom. The fourth-order valence-corrected chi connectivity index (χ4v) is 4.39. The first-order chi connectivity index (χ1) is 14.9. The summed E-state index contributed by atoms with van der Waals surface area (Å²) >= 11 is 6.57. The summed E-state index contributed by atoms with van der Waals surface area (Å²) in [5.41, 5.74) is 2.31. The number of amides is 1. The summed E-state index contributed by atoms with van der Waals surface area (Å²) in [6, 6.07) is 14.4. The average Bonchev–Trinajstić information content (AvgIpc) is 3.12. The van der Waals surface area contributed by atoms with Crippen molar-refractivity contribution >= 4 is 40.5 Å². The van der Waals surface area contributed by atoms with Gasteiger partial charge in [0.05, 0.1) is 23.7 Å². The van der Waals surface area contributed by atoms with Gasteiger partial charge in [-0.15, -0.1) is 0 Å². The third-order valence-electron chi connectivity index (χ3n) is 5.64. The van der Waals surface area contributed by atoms with E-state index in [1.54, 1.807) is 17.9 Å². The highest BCUT2D eigenvalue weighted by Gasteiger charge is 2.48. The zero-order chi connectivity index (χ0) is 22.1. The molecule has 0 fully saturated rings. The number of fused-ring (bicyclic) bond motifs is 3. The van der Waals surface area contributed by atoms with Crippen molar-refractivity contribution < 1.29 is 14.3 Å². The minimum atomic E-state index is -1.04. The number of hydrogen-bond donors (Lipinski definition) is 0. The SMILES string of the molecule is CCOC(=O)[C@@H]1C(=O)N(CCC(C)C)c2nc3ccccc3n2[C@H]1c1ccccc1Cl. The average molecular weight is 440 g/mol. The lowest BCUT2D eigenvalue weighted by atomic mass is 9.89. The second kappa shape index (κ2) is 8.71. The highest BCUT2D eigenvalue weighted by molar-refractivity contribution is 6.31. The van der Waals surface area contributed by atoms with Gasteiger partial charge in [0.1, 0.15) is 0 Å². The van der Waals surface area contributed by atoms with E-state index in [2.05, 4.69) is 13.8 Å². The number of benzene rings is 2. The van der Waals surface area contributed by atoms with Gasteiger partial charge in [-0.2, -0.15) is 0 Å². The van der Waals surface area contributed by atoms with Crippen LogP contribution in [-0.4, -0.2) is 34.6 Å². The number of ether oxygens (including phenoxy) is 1. The normalized spacial score (nSPS) is 18.5. The summed E-state index contributed by atoms with van der Waals surface area (Å²) < 4.78 is 7.33. The van der Waals surface area contributed by atoms with Crippen LogP contribution in [0.15, 0.2) is 48.5 Å². The maximum atomic E-state index is 13.7. The molecule has 4 rings (SSSR count). The first kappa shape index (κ1) is 21.4. The quantitative estimate of drug-likeness (QED) is 0.406. The lowest BCUT2D eigenvalue weighted by Crippen LogP contribution is -2.50. The Morgan fingerprint density at radius 1 is 1.16 bits per heavy atom. The number of rotatable bonds is 6. The number of halogens is 1. The van der Waals surface area contributed by atoms with E-state index in [-0.39, 0.29) is 12.5 Å². The summed E-state index contributed by atoms with van der Waals surface area (Å²) in [4.78, 5) is 33.2. The molecule has 0 saturated heterocycles. The summed E-state index contributed by atoms with van der Waals surface area (Å²) in [6.07, 6.45) is 0.793. The minimum absolute atomic E-state index is 0.196. The van der Waals surface area contributed by atoms with Crippen molar-refractivity contribution in [3.05, 3.63) is 59.1 Å². The van der Waals surface area contributed by atoms with Crippen LogP contribution in [-0.2, 0) is 14.3 Å². The predicted molar refractivity (Wildman–Crippen MR) is 121 cm³/mol. The van der Waals surface area contributed by atoms with Crippen LogP contribution in [0.1, 0.15) is 38.8 Å². The van der Waals surface area contributed by atoms with E-state index >= 15 is 0 Å². The van der Waals surface area contributed by atoms with E-state index < -0.39 is 17.9 Å². The van der Waals surface area contributed by atoms with Crippen molar-refractivity contribution in [2.45, 2.75) is 33.2 Å². The summed E-state index contributed by atoms with van der Waals surface area (Å²) in [5, 5.41) is 0.494. The lowest BCUT2D eigenvalue weighted by Gasteiger charge is -2.38. The Bertz CT molecular complexity index is 1120. The summed E-state index contributed by atoms with van der Waals surface area (Å²) in [6.45, 7) is 6.62. The van der Waals surface area contributed by atoms with Crippen molar-refractivity contribution in [1.29, 1.82) is 0 Å². The third kappa shape index (κ3) is 3.81. The third-order valence-corrected chi connectivity index (χ3v) is 5.98. The van der Waals surface area contributed by atoms with Gasteiger partial charge < -0.3 is 9.30 Å². The number of hydrogen-bond acceptors (Lipinski definition) is 4. The second-order valence-corrected chi connectivity index (χ2v) is 8.55. The van der Waals surface area contributed by atoms with Crippen molar-refractivity contribution in [3.8, 4) is 0 Å². The molecule has 0 bridgehead atoms. The Kier molecular flexibility index (Phi) is 6.01. The van der Waals surface area contributed by atoms with Gasteiger partial charge in [0.15, 0.2) is 5.92 Å². The monoisotopic (exact) mass is 439 g/mol. The molecule has 1 aliphatic heterocycles. The molecule has 2 aromatic carbocycles. The number of para-hydroxylation sites is 2. The van der Waals surface area contributed by atoms with E-state index in [1.807, 2.05) is 47.0 Å². The molecule has 0 radical (unpaired) electrons. The molecule has 6 nitrogen and oxygen atoms in total. The highest BCUT2D eigenvalue weighted by Crippen LogP contribution is 2.43. The maximum Gasteiger partial charge on any atom is 0.321 e. The molecule has 0 saturated carbocycles. The molecule has 2 heterocycles. The maximum absolute atomic E-state index is 13.7. The Balaban J connectivity index is 1.98. The predicted octanol–water partition coefficient (Wildman–Crippen LogP) is 4.85. The Hall–Kier alpha value is -2.86. The Morgan fingerprint density at radius 2 is 1.87 bits per heavy atom. The molecular weight excluding hydrogens is 414 g/mol. The first-order valence-corrected chi connectivity index (χ1v) is 11.0. The van der Waals surface area contributed by atoms with Crippen LogP contribution in [0.5, 0.6) is 0 Å². The lowest BCUT2D eigenvalue weighted by molar-refractivity contribution is -0.153. The van der Waals surface area contributed by atoms with Gasteiger partial charge in [-0.05, 0) is 43.0 Å². The van der Waals surface area contributed by atoms with Crippen LogP contribution >= 0.6 is 11.6 Å². The molecule has 0 unspecified atom stereocenters. The van der Waals surface area contributed by atoms with E-state index in [0.717, 1.165) is 17.5 Å². The Labute approximate surface area is 186 Å². The molecule has 1 aromatic heterocycles. The number of aromatic nitrogens is 2. The molecule has 1 amide bonds. The van der Waals surface area contributed by atoms with Crippen LogP contribution < -0.4 is 4.90 Å². The molecule has 0 spiro atoms. The number of esters is 1. The van der Waals surface area contributed by atoms with Gasteiger partial charge in [-0.25, -0.2) is 4.98 Å². The van der Waals surface area contributed by atoms with Gasteiger partial charge in [0, 0.05) is 11.6 Å². The molecule has 0 N–H and O–H groups in total. The number of carbonyl (C=O) groups is 2. The number of nitrogens with zero attached hydrogens (tertiary/aromatic N) is 3. The standard InChI is InChI=1S/C24H26ClN3O3/c1-4-31-23(30)20-21(16-9-5-6-10-17(16)25)28-19-12-8-7-11-18(19)26-24(28)27(22(20)29)14-13-15(2)3/h5-12,15,20-21H,4,13-14H2,1-3H3/t20-,21-/m0/s1. The number of anilines is 1. The van der Waals surface area contributed by atoms with Gasteiger partial charge in [-0.1, -0.05) is 55.8 Å². The van der Waals surface area contributed by atoms with Crippen molar-refractivity contribution in [2.24, 2.45) is 11.8 Å². The molecule has 2 atom stereocenters. The van der Waals surface area contributed by atoms with Crippen molar-refractivity contribution in [1.82, 2.24) is 9.55 Å². The van der Waals surface area contributed by atoms with Crippen LogP contribution in [0.25, 0.3) is 11.0 Å². The van der Waals surface area contributed by atoms with Gasteiger partial charge in [0.2, 0.25) is 11.9 Å². The number of imidazole rings is 1. The van der Waals surface area contributed by atoms with Gasteiger partial charge >= 0.3 is 5.97 Å².